The van der Waals surface area contributed by atoms with Crippen LogP contribution in [0.4, 0.5) is 5.69 Å². The lowest BCUT2D eigenvalue weighted by molar-refractivity contribution is -0.115. The number of aromatic nitrogens is 2. The predicted octanol–water partition coefficient (Wildman–Crippen LogP) is 3.84. The Hall–Kier alpha value is -2.45. The number of pyridine rings is 1. The van der Waals surface area contributed by atoms with Crippen LogP contribution in [0, 0.1) is 0 Å². The van der Waals surface area contributed by atoms with Crippen molar-refractivity contribution in [1.82, 2.24) is 9.97 Å². The summed E-state index contributed by atoms with van der Waals surface area (Å²) in [7, 11) is 0. The molecular formula is C18H16BrN3O3S. The Morgan fingerprint density at radius 3 is 3.00 bits per heavy atom. The molecule has 134 valence electrons. The van der Waals surface area contributed by atoms with Crippen molar-refractivity contribution in [3.63, 3.8) is 0 Å². The van der Waals surface area contributed by atoms with E-state index in [0.717, 1.165) is 16.3 Å². The Labute approximate surface area is 162 Å². The Bertz CT molecular complexity index is 984. The third kappa shape index (κ3) is 4.39. The number of H-pyrrole nitrogens is 1. The summed E-state index contributed by atoms with van der Waals surface area (Å²) in [6.45, 7) is 2.50. The third-order valence-electron chi connectivity index (χ3n) is 3.45. The maximum absolute atomic E-state index is 12.2. The summed E-state index contributed by atoms with van der Waals surface area (Å²) in [6, 6.07) is 9.22. The van der Waals surface area contributed by atoms with Crippen molar-refractivity contribution in [3.05, 3.63) is 62.4 Å². The van der Waals surface area contributed by atoms with Crippen LogP contribution in [0.15, 0.2) is 51.2 Å². The smallest absolute Gasteiger partial charge is 0.271 e. The molecule has 0 radical (unpaired) electrons. The summed E-state index contributed by atoms with van der Waals surface area (Å²) in [6.07, 6.45) is 1.60. The summed E-state index contributed by atoms with van der Waals surface area (Å²) in [5.41, 5.74) is 1.38. The zero-order valence-corrected chi connectivity index (χ0v) is 16.3. The number of carbonyl (C=O) groups excluding carboxylic acids is 1. The van der Waals surface area contributed by atoms with Gasteiger partial charge in [0.2, 0.25) is 5.91 Å². The van der Waals surface area contributed by atoms with E-state index in [2.05, 4.69) is 31.2 Å². The molecule has 2 N–H and O–H groups in total. The number of nitrogens with one attached hydrogen (secondary N) is 2. The molecule has 8 heteroatoms. The number of hydrogen-bond donors (Lipinski definition) is 2. The van der Waals surface area contributed by atoms with Gasteiger partial charge in [0.05, 0.1) is 24.3 Å². The van der Waals surface area contributed by atoms with Crippen molar-refractivity contribution in [3.8, 4) is 16.3 Å². The van der Waals surface area contributed by atoms with Gasteiger partial charge in [-0.05, 0) is 41.1 Å². The first-order valence-electron chi connectivity index (χ1n) is 7.91. The Kier molecular flexibility index (Phi) is 5.85. The fourth-order valence-electron chi connectivity index (χ4n) is 2.35. The molecule has 1 amide bonds. The molecule has 1 aromatic carbocycles. The van der Waals surface area contributed by atoms with Gasteiger partial charge in [-0.3, -0.25) is 9.59 Å². The van der Waals surface area contributed by atoms with Crippen LogP contribution in [0.3, 0.4) is 0 Å². The van der Waals surface area contributed by atoms with Gasteiger partial charge in [-0.25, -0.2) is 4.98 Å². The minimum atomic E-state index is -0.355. The molecular weight excluding hydrogens is 418 g/mol. The first-order chi connectivity index (χ1) is 12.6. The van der Waals surface area contributed by atoms with Gasteiger partial charge in [-0.2, -0.15) is 0 Å². The minimum absolute atomic E-state index is 0.0826. The number of anilines is 1. The molecule has 3 rings (SSSR count). The molecule has 0 saturated heterocycles. The summed E-state index contributed by atoms with van der Waals surface area (Å²) < 4.78 is 6.31. The topological polar surface area (TPSA) is 84.1 Å². The normalized spacial score (nSPS) is 10.5. The number of ether oxygens (including phenoxy) is 1. The van der Waals surface area contributed by atoms with Crippen molar-refractivity contribution in [2.45, 2.75) is 13.3 Å². The number of rotatable bonds is 6. The van der Waals surface area contributed by atoms with E-state index < -0.39 is 0 Å². The molecule has 0 aliphatic rings. The number of benzene rings is 1. The highest BCUT2D eigenvalue weighted by atomic mass is 79.9. The van der Waals surface area contributed by atoms with Gasteiger partial charge < -0.3 is 15.0 Å². The van der Waals surface area contributed by atoms with Crippen LogP contribution >= 0.6 is 27.3 Å². The Balaban J connectivity index is 1.73. The zero-order valence-electron chi connectivity index (χ0n) is 13.9. The van der Waals surface area contributed by atoms with E-state index in [1.54, 1.807) is 6.07 Å². The van der Waals surface area contributed by atoms with Gasteiger partial charge >= 0.3 is 0 Å². The number of aromatic amines is 1. The number of para-hydroxylation sites is 1. The monoisotopic (exact) mass is 433 g/mol. The summed E-state index contributed by atoms with van der Waals surface area (Å²) in [4.78, 5) is 31.0. The number of halogens is 1. The number of thiazole rings is 1. The molecule has 0 aliphatic carbocycles. The molecule has 0 aliphatic heterocycles. The van der Waals surface area contributed by atoms with Gasteiger partial charge in [0.25, 0.3) is 5.56 Å². The fraction of sp³-hybridized carbons (Fsp3) is 0.167. The predicted molar refractivity (Wildman–Crippen MR) is 106 cm³/mol. The van der Waals surface area contributed by atoms with E-state index in [4.69, 9.17) is 4.74 Å². The largest absolute Gasteiger partial charge is 0.493 e. The highest BCUT2D eigenvalue weighted by Crippen LogP contribution is 2.32. The van der Waals surface area contributed by atoms with Crippen LogP contribution in [-0.4, -0.2) is 22.5 Å². The average Bonchev–Trinajstić information content (AvgIpc) is 3.07. The molecule has 0 atom stereocenters. The van der Waals surface area contributed by atoms with Gasteiger partial charge in [-0.15, -0.1) is 11.3 Å². The highest BCUT2D eigenvalue weighted by molar-refractivity contribution is 9.10. The van der Waals surface area contributed by atoms with Crippen LogP contribution in [0.1, 0.15) is 12.6 Å². The second kappa shape index (κ2) is 8.29. The number of amides is 1. The zero-order chi connectivity index (χ0) is 18.5. The van der Waals surface area contributed by atoms with Crippen molar-refractivity contribution >= 4 is 38.9 Å². The van der Waals surface area contributed by atoms with E-state index in [-0.39, 0.29) is 23.6 Å². The third-order valence-corrected chi connectivity index (χ3v) is 4.84. The first-order valence-corrected chi connectivity index (χ1v) is 9.58. The molecule has 0 bridgehead atoms. The fourth-order valence-corrected chi connectivity index (χ4v) is 3.54. The van der Waals surface area contributed by atoms with Crippen LogP contribution in [0.2, 0.25) is 0 Å². The highest BCUT2D eigenvalue weighted by Gasteiger charge is 2.13. The molecule has 26 heavy (non-hydrogen) atoms. The van der Waals surface area contributed by atoms with Crippen molar-refractivity contribution in [2.24, 2.45) is 0 Å². The van der Waals surface area contributed by atoms with Gasteiger partial charge in [0.1, 0.15) is 16.4 Å². The number of carbonyl (C=O) groups is 1. The van der Waals surface area contributed by atoms with Crippen LogP contribution in [-0.2, 0) is 11.2 Å². The summed E-state index contributed by atoms with van der Waals surface area (Å²) in [5, 5.41) is 5.23. The Morgan fingerprint density at radius 2 is 2.19 bits per heavy atom. The van der Waals surface area contributed by atoms with Crippen LogP contribution in [0.5, 0.6) is 5.75 Å². The van der Waals surface area contributed by atoms with Gasteiger partial charge in [0, 0.05) is 16.0 Å². The van der Waals surface area contributed by atoms with E-state index in [9.17, 15) is 9.59 Å². The Morgan fingerprint density at radius 1 is 1.38 bits per heavy atom. The molecule has 0 unspecified atom stereocenters. The lowest BCUT2D eigenvalue weighted by atomic mass is 10.2. The summed E-state index contributed by atoms with van der Waals surface area (Å²) >= 11 is 4.71. The quantitative estimate of drug-likeness (QED) is 0.618. The maximum Gasteiger partial charge on any atom is 0.271 e. The molecule has 0 saturated carbocycles. The van der Waals surface area contributed by atoms with E-state index in [1.165, 1.54) is 17.5 Å². The molecule has 2 heterocycles. The van der Waals surface area contributed by atoms with E-state index in [1.807, 2.05) is 36.6 Å². The number of nitrogens with zero attached hydrogens (tertiary/aromatic N) is 1. The van der Waals surface area contributed by atoms with E-state index in [0.29, 0.717) is 16.8 Å². The number of hydrogen-bond acceptors (Lipinski definition) is 5. The minimum Gasteiger partial charge on any atom is -0.493 e. The molecule has 6 nitrogen and oxygen atoms in total. The van der Waals surface area contributed by atoms with Crippen molar-refractivity contribution in [1.29, 1.82) is 0 Å². The van der Waals surface area contributed by atoms with Crippen molar-refractivity contribution in [2.75, 3.05) is 11.9 Å². The second-order valence-electron chi connectivity index (χ2n) is 5.36. The summed E-state index contributed by atoms with van der Waals surface area (Å²) in [5.74, 6) is 0.463. The lowest BCUT2D eigenvalue weighted by Crippen LogP contribution is -2.21. The maximum atomic E-state index is 12.2. The van der Waals surface area contributed by atoms with E-state index >= 15 is 0 Å². The molecule has 0 spiro atoms. The average molecular weight is 434 g/mol. The lowest BCUT2D eigenvalue weighted by Gasteiger charge is -2.07. The van der Waals surface area contributed by atoms with Crippen LogP contribution in [0.25, 0.3) is 10.6 Å². The second-order valence-corrected chi connectivity index (χ2v) is 7.13. The molecule has 2 aromatic heterocycles. The van der Waals surface area contributed by atoms with Gasteiger partial charge in [0.15, 0.2) is 0 Å². The first kappa shape index (κ1) is 18.3. The SMILES string of the molecule is CCOc1ccccc1-c1nc(CC(=O)Nc2cc(Br)c[nH]c2=O)cs1. The van der Waals surface area contributed by atoms with Crippen molar-refractivity contribution < 1.29 is 9.53 Å². The van der Waals surface area contributed by atoms with Crippen LogP contribution < -0.4 is 15.6 Å². The van der Waals surface area contributed by atoms with Gasteiger partial charge in [-0.1, -0.05) is 12.1 Å². The standard InChI is InChI=1S/C18H16BrN3O3S/c1-2-25-15-6-4-3-5-13(15)18-21-12(10-26-18)8-16(23)22-14-7-11(19)9-20-17(14)24/h3-7,9-10H,2,8H2,1H3,(H,20,24)(H,22,23). The molecule has 0 fully saturated rings. The molecule has 3 aromatic rings.